The van der Waals surface area contributed by atoms with Crippen LogP contribution in [-0.2, 0) is 4.74 Å². The van der Waals surface area contributed by atoms with Crippen LogP contribution in [0.2, 0.25) is 0 Å². The van der Waals surface area contributed by atoms with Crippen LogP contribution in [0, 0.1) is 18.3 Å². The molecule has 1 N–H and O–H groups in total. The van der Waals surface area contributed by atoms with Crippen LogP contribution in [0.25, 0.3) is 0 Å². The first-order valence-corrected chi connectivity index (χ1v) is 7.44. The van der Waals surface area contributed by atoms with Crippen molar-refractivity contribution in [1.82, 2.24) is 5.32 Å². The molecule has 1 aliphatic heterocycles. The topological polar surface area (TPSA) is 21.3 Å². The molecule has 1 aromatic carbocycles. The van der Waals surface area contributed by atoms with Gasteiger partial charge in [0.1, 0.15) is 0 Å². The lowest BCUT2D eigenvalue weighted by Crippen LogP contribution is -2.66. The second-order valence-electron chi connectivity index (χ2n) is 6.84. The summed E-state index contributed by atoms with van der Waals surface area (Å²) in [6.45, 7) is 10.0. The van der Waals surface area contributed by atoms with E-state index in [1.165, 1.54) is 17.5 Å². The standard InChI is InChI=1S/C17H25NO/c1-11-5-7-13(8-6-11)12(2)18-15-14-9-10-19-16(14)17(15,3)4/h5-8,12,14-16,18H,9-10H2,1-4H3/t12-,14?,15?,16?/m1/s1. The van der Waals surface area contributed by atoms with E-state index in [9.17, 15) is 0 Å². The van der Waals surface area contributed by atoms with Crippen molar-refractivity contribution in [2.75, 3.05) is 6.61 Å². The predicted octanol–water partition coefficient (Wildman–Crippen LogP) is 3.46. The number of rotatable bonds is 3. The summed E-state index contributed by atoms with van der Waals surface area (Å²) in [6.07, 6.45) is 1.68. The molecular formula is C17H25NO. The molecule has 2 nitrogen and oxygen atoms in total. The minimum absolute atomic E-state index is 0.264. The molecule has 1 saturated heterocycles. The van der Waals surface area contributed by atoms with Crippen LogP contribution in [0.15, 0.2) is 24.3 Å². The van der Waals surface area contributed by atoms with Gasteiger partial charge in [-0.05, 0) is 25.8 Å². The molecule has 4 atom stereocenters. The first-order chi connectivity index (χ1) is 9.00. The maximum Gasteiger partial charge on any atom is 0.0685 e. The minimum atomic E-state index is 0.264. The van der Waals surface area contributed by atoms with E-state index >= 15 is 0 Å². The summed E-state index contributed by atoms with van der Waals surface area (Å²) in [6, 6.07) is 9.85. The van der Waals surface area contributed by atoms with Gasteiger partial charge in [0, 0.05) is 30.0 Å². The van der Waals surface area contributed by atoms with Crippen molar-refractivity contribution in [2.45, 2.75) is 52.3 Å². The van der Waals surface area contributed by atoms with Crippen LogP contribution in [0.5, 0.6) is 0 Å². The Morgan fingerprint density at radius 1 is 1.26 bits per heavy atom. The Bertz CT molecular complexity index is 451. The molecule has 1 aromatic rings. The van der Waals surface area contributed by atoms with E-state index in [1.807, 2.05) is 0 Å². The molecule has 2 fully saturated rings. The van der Waals surface area contributed by atoms with E-state index in [-0.39, 0.29) is 5.41 Å². The Morgan fingerprint density at radius 3 is 2.63 bits per heavy atom. The number of hydrogen-bond donors (Lipinski definition) is 1. The summed E-state index contributed by atoms with van der Waals surface area (Å²) in [5.74, 6) is 0.711. The highest BCUT2D eigenvalue weighted by Gasteiger charge is 2.59. The Labute approximate surface area is 116 Å². The molecule has 0 radical (unpaired) electrons. The van der Waals surface area contributed by atoms with Gasteiger partial charge in [0.2, 0.25) is 0 Å². The van der Waals surface area contributed by atoms with Crippen molar-refractivity contribution in [3.05, 3.63) is 35.4 Å². The van der Waals surface area contributed by atoms with E-state index in [1.54, 1.807) is 0 Å². The number of hydrogen-bond acceptors (Lipinski definition) is 2. The summed E-state index contributed by atoms with van der Waals surface area (Å²) >= 11 is 0. The van der Waals surface area contributed by atoms with Crippen molar-refractivity contribution in [3.63, 3.8) is 0 Å². The van der Waals surface area contributed by atoms with Crippen LogP contribution in [0.4, 0.5) is 0 Å². The van der Waals surface area contributed by atoms with E-state index in [0.29, 0.717) is 24.1 Å². The third-order valence-electron chi connectivity index (χ3n) is 5.11. The lowest BCUT2D eigenvalue weighted by molar-refractivity contribution is -0.115. The van der Waals surface area contributed by atoms with Gasteiger partial charge in [-0.15, -0.1) is 0 Å². The van der Waals surface area contributed by atoms with Crippen LogP contribution in [0.3, 0.4) is 0 Å². The van der Waals surface area contributed by atoms with Gasteiger partial charge >= 0.3 is 0 Å². The van der Waals surface area contributed by atoms with Gasteiger partial charge in [-0.2, -0.15) is 0 Å². The van der Waals surface area contributed by atoms with Gasteiger partial charge in [-0.25, -0.2) is 0 Å². The molecule has 19 heavy (non-hydrogen) atoms. The molecule has 2 aliphatic rings. The normalized spacial score (nSPS) is 33.6. The number of aryl methyl sites for hydroxylation is 1. The Kier molecular flexibility index (Phi) is 3.18. The molecule has 104 valence electrons. The van der Waals surface area contributed by atoms with E-state index < -0.39 is 0 Å². The van der Waals surface area contributed by atoms with Crippen LogP contribution >= 0.6 is 0 Å². The first-order valence-electron chi connectivity index (χ1n) is 7.44. The fourth-order valence-electron chi connectivity index (χ4n) is 3.88. The lowest BCUT2D eigenvalue weighted by atomic mass is 9.57. The average molecular weight is 259 g/mol. The highest BCUT2D eigenvalue weighted by molar-refractivity contribution is 5.24. The van der Waals surface area contributed by atoms with Crippen molar-refractivity contribution < 1.29 is 4.74 Å². The summed E-state index contributed by atoms with van der Waals surface area (Å²) in [7, 11) is 0. The number of ether oxygens (including phenoxy) is 1. The Balaban J connectivity index is 1.69. The molecule has 0 bridgehead atoms. The summed E-state index contributed by atoms with van der Waals surface area (Å²) < 4.78 is 5.86. The molecule has 0 spiro atoms. The van der Waals surface area contributed by atoms with Gasteiger partial charge in [-0.1, -0.05) is 43.7 Å². The van der Waals surface area contributed by atoms with Crippen molar-refractivity contribution in [2.24, 2.45) is 11.3 Å². The van der Waals surface area contributed by atoms with Gasteiger partial charge in [0.05, 0.1) is 6.10 Å². The molecular weight excluding hydrogens is 234 g/mol. The summed E-state index contributed by atoms with van der Waals surface area (Å²) in [5, 5.41) is 3.83. The molecule has 0 amide bonds. The number of fused-ring (bicyclic) bond motifs is 1. The largest absolute Gasteiger partial charge is 0.377 e. The minimum Gasteiger partial charge on any atom is -0.377 e. The molecule has 1 aliphatic carbocycles. The summed E-state index contributed by atoms with van der Waals surface area (Å²) in [5.41, 5.74) is 2.97. The molecule has 0 aromatic heterocycles. The van der Waals surface area contributed by atoms with Crippen LogP contribution in [0.1, 0.15) is 44.4 Å². The number of benzene rings is 1. The zero-order valence-electron chi connectivity index (χ0n) is 12.4. The predicted molar refractivity (Wildman–Crippen MR) is 78.1 cm³/mol. The van der Waals surface area contributed by atoms with Gasteiger partial charge in [0.15, 0.2) is 0 Å². The highest BCUT2D eigenvalue weighted by atomic mass is 16.5. The van der Waals surface area contributed by atoms with Crippen molar-refractivity contribution in [1.29, 1.82) is 0 Å². The van der Waals surface area contributed by atoms with Gasteiger partial charge < -0.3 is 10.1 Å². The quantitative estimate of drug-likeness (QED) is 0.897. The third kappa shape index (κ3) is 2.11. The Morgan fingerprint density at radius 2 is 1.95 bits per heavy atom. The lowest BCUT2D eigenvalue weighted by Gasteiger charge is -2.55. The highest BCUT2D eigenvalue weighted by Crippen LogP contribution is 2.52. The molecule has 3 rings (SSSR count). The first kappa shape index (κ1) is 13.1. The zero-order valence-corrected chi connectivity index (χ0v) is 12.4. The smallest absolute Gasteiger partial charge is 0.0685 e. The zero-order chi connectivity index (χ0) is 13.6. The second kappa shape index (κ2) is 4.60. The van der Waals surface area contributed by atoms with Gasteiger partial charge in [0.25, 0.3) is 0 Å². The maximum absolute atomic E-state index is 5.86. The second-order valence-corrected chi connectivity index (χ2v) is 6.84. The molecule has 1 heterocycles. The average Bonchev–Trinajstić information content (AvgIpc) is 2.83. The fourth-order valence-corrected chi connectivity index (χ4v) is 3.88. The fraction of sp³-hybridized carbons (Fsp3) is 0.647. The number of nitrogens with one attached hydrogen (secondary N) is 1. The monoisotopic (exact) mass is 259 g/mol. The molecule has 3 unspecified atom stereocenters. The maximum atomic E-state index is 5.86. The third-order valence-corrected chi connectivity index (χ3v) is 5.11. The van der Waals surface area contributed by atoms with Crippen LogP contribution < -0.4 is 5.32 Å². The molecule has 1 saturated carbocycles. The van der Waals surface area contributed by atoms with E-state index in [2.05, 4.69) is 57.3 Å². The summed E-state index contributed by atoms with van der Waals surface area (Å²) in [4.78, 5) is 0. The van der Waals surface area contributed by atoms with Crippen molar-refractivity contribution in [3.8, 4) is 0 Å². The van der Waals surface area contributed by atoms with Gasteiger partial charge in [-0.3, -0.25) is 0 Å². The van der Waals surface area contributed by atoms with Crippen molar-refractivity contribution >= 4 is 0 Å². The van der Waals surface area contributed by atoms with E-state index in [4.69, 9.17) is 4.74 Å². The Hall–Kier alpha value is -0.860. The van der Waals surface area contributed by atoms with Crippen LogP contribution in [-0.4, -0.2) is 18.8 Å². The van der Waals surface area contributed by atoms with E-state index in [0.717, 1.165) is 6.61 Å². The molecule has 2 heteroatoms. The SMILES string of the molecule is Cc1ccc([C@@H](C)NC2C3CCOC3C2(C)C)cc1.